The summed E-state index contributed by atoms with van der Waals surface area (Å²) in [6.07, 6.45) is 1.04. The van der Waals surface area contributed by atoms with Crippen LogP contribution in [0.3, 0.4) is 0 Å². The third-order valence-electron chi connectivity index (χ3n) is 3.47. The number of non-ortho nitro benzene ring substituents is 1. The van der Waals surface area contributed by atoms with Gasteiger partial charge >= 0.3 is 0 Å². The first-order valence-corrected chi connectivity index (χ1v) is 7.89. The Hall–Kier alpha value is -1.47. The predicted molar refractivity (Wildman–Crippen MR) is 71.5 cm³/mol. The van der Waals surface area contributed by atoms with Crippen molar-refractivity contribution in [2.24, 2.45) is 11.7 Å². The van der Waals surface area contributed by atoms with E-state index >= 15 is 0 Å². The van der Waals surface area contributed by atoms with Crippen LogP contribution < -0.4 is 5.73 Å². The molecule has 0 saturated carbocycles. The minimum atomic E-state index is -2.94. The monoisotopic (exact) mass is 284 g/mol. The number of nitro benzene ring substituents is 1. The summed E-state index contributed by atoms with van der Waals surface area (Å²) in [5, 5.41) is 10.7. The number of nitrogens with two attached hydrogens (primary N) is 1. The lowest BCUT2D eigenvalue weighted by molar-refractivity contribution is -0.384. The minimum Gasteiger partial charge on any atom is -0.327 e. The Labute approximate surface area is 111 Å². The van der Waals surface area contributed by atoms with Crippen molar-refractivity contribution in [3.63, 3.8) is 0 Å². The molecule has 2 rings (SSSR count). The Morgan fingerprint density at radius 1 is 1.47 bits per heavy atom. The van der Waals surface area contributed by atoms with Gasteiger partial charge in [-0.05, 0) is 24.3 Å². The molecule has 1 fully saturated rings. The second kappa shape index (κ2) is 5.26. The van der Waals surface area contributed by atoms with Crippen LogP contribution in [-0.4, -0.2) is 30.9 Å². The van der Waals surface area contributed by atoms with Gasteiger partial charge in [0.25, 0.3) is 5.69 Å². The Bertz CT molecular complexity index is 585. The van der Waals surface area contributed by atoms with Crippen LogP contribution in [0.25, 0.3) is 0 Å². The molecule has 6 nitrogen and oxygen atoms in total. The summed E-state index contributed by atoms with van der Waals surface area (Å²) < 4.78 is 22.8. The van der Waals surface area contributed by atoms with Crippen molar-refractivity contribution < 1.29 is 13.3 Å². The topological polar surface area (TPSA) is 103 Å². The summed E-state index contributed by atoms with van der Waals surface area (Å²) >= 11 is 0. The van der Waals surface area contributed by atoms with Gasteiger partial charge in [0.15, 0.2) is 9.84 Å². The van der Waals surface area contributed by atoms with Gasteiger partial charge in [-0.25, -0.2) is 8.42 Å². The van der Waals surface area contributed by atoms with Gasteiger partial charge in [-0.1, -0.05) is 12.1 Å². The van der Waals surface area contributed by atoms with Crippen LogP contribution in [0.2, 0.25) is 0 Å². The van der Waals surface area contributed by atoms with Gasteiger partial charge in [0, 0.05) is 18.2 Å². The smallest absolute Gasteiger partial charge is 0.269 e. The second-order valence-electron chi connectivity index (χ2n) is 4.96. The van der Waals surface area contributed by atoms with Crippen molar-refractivity contribution in [2.45, 2.75) is 18.9 Å². The molecule has 1 saturated heterocycles. The average molecular weight is 284 g/mol. The lowest BCUT2D eigenvalue weighted by atomic mass is 9.94. The van der Waals surface area contributed by atoms with Crippen LogP contribution in [-0.2, 0) is 16.3 Å². The van der Waals surface area contributed by atoms with Crippen molar-refractivity contribution in [1.82, 2.24) is 0 Å². The van der Waals surface area contributed by atoms with Crippen molar-refractivity contribution >= 4 is 15.5 Å². The molecule has 1 aliphatic rings. The summed E-state index contributed by atoms with van der Waals surface area (Å²) in [6, 6.07) is 6.03. The van der Waals surface area contributed by atoms with E-state index in [-0.39, 0.29) is 29.2 Å². The Balaban J connectivity index is 2.05. The minimum absolute atomic E-state index is 0.0312. The first-order chi connectivity index (χ1) is 8.87. The second-order valence-corrected chi connectivity index (χ2v) is 7.19. The van der Waals surface area contributed by atoms with E-state index < -0.39 is 14.8 Å². The van der Waals surface area contributed by atoms with E-state index in [0.717, 1.165) is 5.56 Å². The first kappa shape index (κ1) is 14.0. The van der Waals surface area contributed by atoms with Crippen LogP contribution >= 0.6 is 0 Å². The molecule has 19 heavy (non-hydrogen) atoms. The normalized spacial score (nSPS) is 23.1. The van der Waals surface area contributed by atoms with E-state index in [0.29, 0.717) is 12.8 Å². The van der Waals surface area contributed by atoms with Crippen LogP contribution in [0, 0.1) is 16.0 Å². The van der Waals surface area contributed by atoms with Crippen molar-refractivity contribution in [3.8, 4) is 0 Å². The van der Waals surface area contributed by atoms with Crippen LogP contribution in [0.15, 0.2) is 24.3 Å². The van der Waals surface area contributed by atoms with Gasteiger partial charge in [-0.2, -0.15) is 0 Å². The van der Waals surface area contributed by atoms with Crippen molar-refractivity contribution in [3.05, 3.63) is 39.9 Å². The molecule has 2 unspecified atom stereocenters. The summed E-state index contributed by atoms with van der Waals surface area (Å²) in [5.41, 5.74) is 6.82. The van der Waals surface area contributed by atoms with E-state index in [9.17, 15) is 18.5 Å². The molecule has 0 aromatic heterocycles. The van der Waals surface area contributed by atoms with Crippen LogP contribution in [0.5, 0.6) is 0 Å². The van der Waals surface area contributed by atoms with Crippen molar-refractivity contribution in [1.29, 1.82) is 0 Å². The maximum atomic E-state index is 11.4. The molecule has 2 N–H and O–H groups in total. The Kier molecular flexibility index (Phi) is 3.86. The largest absolute Gasteiger partial charge is 0.327 e. The molecule has 2 atom stereocenters. The fourth-order valence-corrected chi connectivity index (χ4v) is 4.29. The van der Waals surface area contributed by atoms with Crippen LogP contribution in [0.4, 0.5) is 5.69 Å². The highest BCUT2D eigenvalue weighted by Gasteiger charge is 2.32. The molecular weight excluding hydrogens is 268 g/mol. The highest BCUT2D eigenvalue weighted by atomic mass is 32.2. The van der Waals surface area contributed by atoms with E-state index in [2.05, 4.69) is 0 Å². The molecule has 0 aliphatic carbocycles. The van der Waals surface area contributed by atoms with Crippen molar-refractivity contribution in [2.75, 3.05) is 11.5 Å². The quantitative estimate of drug-likeness (QED) is 0.653. The zero-order valence-corrected chi connectivity index (χ0v) is 11.2. The van der Waals surface area contributed by atoms with Gasteiger partial charge in [0.05, 0.1) is 16.4 Å². The number of hydrogen-bond donors (Lipinski definition) is 1. The van der Waals surface area contributed by atoms with Crippen LogP contribution in [0.1, 0.15) is 12.0 Å². The lowest BCUT2D eigenvalue weighted by Crippen LogP contribution is -2.33. The molecular formula is C12H16N2O4S. The molecule has 0 radical (unpaired) electrons. The van der Waals surface area contributed by atoms with E-state index in [1.807, 2.05) is 0 Å². The van der Waals surface area contributed by atoms with E-state index in [4.69, 9.17) is 5.73 Å². The zero-order valence-electron chi connectivity index (χ0n) is 10.4. The maximum absolute atomic E-state index is 11.4. The molecule has 1 aromatic carbocycles. The number of nitro groups is 1. The van der Waals surface area contributed by atoms with E-state index in [1.165, 1.54) is 12.1 Å². The van der Waals surface area contributed by atoms with Gasteiger partial charge in [-0.15, -0.1) is 0 Å². The maximum Gasteiger partial charge on any atom is 0.269 e. The fourth-order valence-electron chi connectivity index (χ4n) is 2.40. The Morgan fingerprint density at radius 3 is 2.79 bits per heavy atom. The highest BCUT2D eigenvalue weighted by Crippen LogP contribution is 2.23. The third-order valence-corrected chi connectivity index (χ3v) is 5.26. The number of sulfone groups is 1. The average Bonchev–Trinajstić information content (AvgIpc) is 2.70. The standard InChI is InChI=1S/C12H16N2O4S/c13-12(10-4-5-19(17,18)8-10)7-9-2-1-3-11(6-9)14(15)16/h1-3,6,10,12H,4-5,7-8,13H2. The molecule has 1 aromatic rings. The molecule has 7 heteroatoms. The summed E-state index contributed by atoms with van der Waals surface area (Å²) in [6.45, 7) is 0. The SMILES string of the molecule is NC(Cc1cccc([N+](=O)[O-])c1)C1CCS(=O)(=O)C1. The lowest BCUT2D eigenvalue weighted by Gasteiger charge is -2.17. The van der Waals surface area contributed by atoms with Gasteiger partial charge < -0.3 is 5.73 Å². The highest BCUT2D eigenvalue weighted by molar-refractivity contribution is 7.91. The first-order valence-electron chi connectivity index (χ1n) is 6.07. The summed E-state index contributed by atoms with van der Waals surface area (Å²) in [7, 11) is -2.94. The number of hydrogen-bond acceptors (Lipinski definition) is 5. The number of benzene rings is 1. The number of rotatable bonds is 4. The summed E-state index contributed by atoms with van der Waals surface area (Å²) in [5.74, 6) is 0.271. The van der Waals surface area contributed by atoms with E-state index in [1.54, 1.807) is 12.1 Å². The van der Waals surface area contributed by atoms with Gasteiger partial charge in [0.2, 0.25) is 0 Å². The molecule has 0 bridgehead atoms. The molecule has 1 aliphatic heterocycles. The zero-order chi connectivity index (χ0) is 14.0. The molecule has 0 amide bonds. The predicted octanol–water partition coefficient (Wildman–Crippen LogP) is 0.899. The molecule has 1 heterocycles. The van der Waals surface area contributed by atoms with Gasteiger partial charge in [0.1, 0.15) is 0 Å². The third kappa shape index (κ3) is 3.51. The summed E-state index contributed by atoms with van der Waals surface area (Å²) in [4.78, 5) is 10.2. The fraction of sp³-hybridized carbons (Fsp3) is 0.500. The molecule has 104 valence electrons. The Morgan fingerprint density at radius 2 is 2.21 bits per heavy atom. The number of nitrogens with zero attached hydrogens (tertiary/aromatic N) is 1. The molecule has 0 spiro atoms. The van der Waals surface area contributed by atoms with Gasteiger partial charge in [-0.3, -0.25) is 10.1 Å².